The molecular formula is C27H23N3O2. The Morgan fingerprint density at radius 3 is 2.28 bits per heavy atom. The lowest BCUT2D eigenvalue weighted by molar-refractivity contribution is 0.415. The number of hydrogen-bond acceptors (Lipinski definition) is 3. The number of H-pyrrole nitrogens is 1. The topological polar surface area (TPSA) is 59.4 Å². The van der Waals surface area contributed by atoms with Crippen molar-refractivity contribution >= 4 is 5.65 Å². The quantitative estimate of drug-likeness (QED) is 0.421. The predicted molar refractivity (Wildman–Crippen MR) is 127 cm³/mol. The number of methoxy groups -OCH3 is 1. The van der Waals surface area contributed by atoms with Crippen molar-refractivity contribution in [3.05, 3.63) is 112 Å². The van der Waals surface area contributed by atoms with Gasteiger partial charge in [-0.1, -0.05) is 72.3 Å². The number of aryl methyl sites for hydroxylation is 1. The lowest BCUT2D eigenvalue weighted by Gasteiger charge is -2.07. The minimum Gasteiger partial charge on any atom is -0.497 e. The Hall–Kier alpha value is -4.12. The molecule has 32 heavy (non-hydrogen) atoms. The van der Waals surface area contributed by atoms with Crippen molar-refractivity contribution in [1.82, 2.24) is 14.6 Å². The van der Waals surface area contributed by atoms with Gasteiger partial charge in [0.15, 0.2) is 0 Å². The fourth-order valence-corrected chi connectivity index (χ4v) is 3.95. The molecule has 0 saturated heterocycles. The molecule has 0 radical (unpaired) electrons. The maximum absolute atomic E-state index is 13.1. The van der Waals surface area contributed by atoms with Crippen LogP contribution in [0.1, 0.15) is 16.8 Å². The highest BCUT2D eigenvalue weighted by Gasteiger charge is 2.18. The largest absolute Gasteiger partial charge is 0.497 e. The summed E-state index contributed by atoms with van der Waals surface area (Å²) in [6, 6.07) is 27.7. The lowest BCUT2D eigenvalue weighted by Crippen LogP contribution is -2.14. The van der Waals surface area contributed by atoms with Gasteiger partial charge in [0, 0.05) is 18.1 Å². The van der Waals surface area contributed by atoms with Crippen LogP contribution in [0.4, 0.5) is 0 Å². The van der Waals surface area contributed by atoms with Gasteiger partial charge in [0.05, 0.1) is 18.5 Å². The van der Waals surface area contributed by atoms with Crippen LogP contribution in [0.5, 0.6) is 5.75 Å². The van der Waals surface area contributed by atoms with E-state index in [1.807, 2.05) is 73.7 Å². The second kappa shape index (κ2) is 8.19. The number of aromatic nitrogens is 3. The van der Waals surface area contributed by atoms with Crippen LogP contribution in [0.2, 0.25) is 0 Å². The molecule has 5 nitrogen and oxygen atoms in total. The van der Waals surface area contributed by atoms with Crippen molar-refractivity contribution in [2.24, 2.45) is 0 Å². The Bertz CT molecular complexity index is 1430. The first kappa shape index (κ1) is 19.8. The van der Waals surface area contributed by atoms with E-state index in [1.54, 1.807) is 13.2 Å². The standard InChI is InChI=1S/C27H23N3O2/c1-18-8-10-20(11-9-18)23-17-25(31)30-27(28-23)26(21-12-14-22(32-2)15-13-21)24(29-30)16-19-6-4-3-5-7-19/h3-15,17,28H,16H2,1-2H3. The zero-order valence-corrected chi connectivity index (χ0v) is 18.0. The van der Waals surface area contributed by atoms with Crippen molar-refractivity contribution in [3.8, 4) is 28.1 Å². The van der Waals surface area contributed by atoms with Gasteiger partial charge in [0.1, 0.15) is 11.4 Å². The number of fused-ring (bicyclic) bond motifs is 1. The van der Waals surface area contributed by atoms with E-state index in [2.05, 4.69) is 17.1 Å². The average molecular weight is 422 g/mol. The number of rotatable bonds is 5. The molecule has 3 aromatic carbocycles. The van der Waals surface area contributed by atoms with Crippen molar-refractivity contribution in [2.75, 3.05) is 7.11 Å². The smallest absolute Gasteiger partial charge is 0.274 e. The van der Waals surface area contributed by atoms with E-state index in [9.17, 15) is 4.79 Å². The maximum Gasteiger partial charge on any atom is 0.274 e. The number of hydrogen-bond donors (Lipinski definition) is 1. The Morgan fingerprint density at radius 2 is 1.59 bits per heavy atom. The number of nitrogens with one attached hydrogen (secondary N) is 1. The third-order valence-electron chi connectivity index (χ3n) is 5.64. The summed E-state index contributed by atoms with van der Waals surface area (Å²) in [5.41, 5.74) is 7.29. The Balaban J connectivity index is 1.73. The van der Waals surface area contributed by atoms with Gasteiger partial charge < -0.3 is 9.72 Å². The molecule has 5 heteroatoms. The van der Waals surface area contributed by atoms with E-state index >= 15 is 0 Å². The normalized spacial score (nSPS) is 11.1. The summed E-state index contributed by atoms with van der Waals surface area (Å²) >= 11 is 0. The second-order valence-corrected chi connectivity index (χ2v) is 7.86. The highest BCUT2D eigenvalue weighted by atomic mass is 16.5. The van der Waals surface area contributed by atoms with Crippen molar-refractivity contribution in [1.29, 1.82) is 0 Å². The van der Waals surface area contributed by atoms with Gasteiger partial charge in [0.2, 0.25) is 0 Å². The molecule has 0 aliphatic carbocycles. The van der Waals surface area contributed by atoms with Crippen LogP contribution in [0.15, 0.2) is 89.7 Å². The Kier molecular flexibility index (Phi) is 5.07. The molecule has 0 unspecified atom stereocenters. The minimum atomic E-state index is -0.164. The van der Waals surface area contributed by atoms with Crippen molar-refractivity contribution < 1.29 is 4.74 Å². The molecule has 1 N–H and O–H groups in total. The first-order valence-electron chi connectivity index (χ1n) is 10.5. The van der Waals surface area contributed by atoms with Crippen molar-refractivity contribution in [2.45, 2.75) is 13.3 Å². The summed E-state index contributed by atoms with van der Waals surface area (Å²) in [5, 5.41) is 4.72. The van der Waals surface area contributed by atoms with E-state index in [0.717, 1.165) is 39.4 Å². The minimum absolute atomic E-state index is 0.164. The summed E-state index contributed by atoms with van der Waals surface area (Å²) in [6.45, 7) is 2.05. The van der Waals surface area contributed by atoms with Gasteiger partial charge in [0.25, 0.3) is 5.56 Å². The monoisotopic (exact) mass is 421 g/mol. The number of aromatic amines is 1. The highest BCUT2D eigenvalue weighted by Crippen LogP contribution is 2.31. The Morgan fingerprint density at radius 1 is 0.906 bits per heavy atom. The third-order valence-corrected chi connectivity index (χ3v) is 5.64. The van der Waals surface area contributed by atoms with E-state index in [-0.39, 0.29) is 5.56 Å². The molecule has 0 spiro atoms. The summed E-state index contributed by atoms with van der Waals surface area (Å²) < 4.78 is 6.79. The summed E-state index contributed by atoms with van der Waals surface area (Å²) in [6.07, 6.45) is 0.622. The van der Waals surface area contributed by atoms with Crippen LogP contribution in [0.3, 0.4) is 0 Å². The summed E-state index contributed by atoms with van der Waals surface area (Å²) in [4.78, 5) is 16.5. The first-order valence-corrected chi connectivity index (χ1v) is 10.5. The molecule has 5 aromatic rings. The van der Waals surface area contributed by atoms with Crippen LogP contribution in [-0.4, -0.2) is 21.7 Å². The first-order chi connectivity index (χ1) is 15.6. The number of nitrogens with zero attached hydrogens (tertiary/aromatic N) is 2. The molecule has 158 valence electrons. The molecule has 5 rings (SSSR count). The third kappa shape index (κ3) is 3.69. The molecule has 0 saturated carbocycles. The number of ether oxygens (including phenoxy) is 1. The molecule has 0 fully saturated rings. The molecule has 0 amide bonds. The van der Waals surface area contributed by atoms with Gasteiger partial charge in [-0.3, -0.25) is 4.79 Å². The molecule has 2 aromatic heterocycles. The summed E-state index contributed by atoms with van der Waals surface area (Å²) in [7, 11) is 1.65. The summed E-state index contributed by atoms with van der Waals surface area (Å²) in [5.74, 6) is 0.781. The van der Waals surface area contributed by atoms with Gasteiger partial charge in [-0.2, -0.15) is 9.61 Å². The molecule has 0 bridgehead atoms. The SMILES string of the molecule is COc1ccc(-c2c(Cc3ccccc3)nn3c(=O)cc(-c4ccc(C)cc4)[nH]c23)cc1. The average Bonchev–Trinajstić information content (AvgIpc) is 3.18. The van der Waals surface area contributed by atoms with Crippen LogP contribution in [-0.2, 0) is 6.42 Å². The van der Waals surface area contributed by atoms with Gasteiger partial charge in [-0.25, -0.2) is 0 Å². The predicted octanol–water partition coefficient (Wildman–Crippen LogP) is 5.26. The molecule has 0 aliphatic rings. The highest BCUT2D eigenvalue weighted by molar-refractivity contribution is 5.81. The second-order valence-electron chi connectivity index (χ2n) is 7.86. The van der Waals surface area contributed by atoms with Crippen LogP contribution in [0, 0.1) is 6.92 Å². The van der Waals surface area contributed by atoms with Crippen molar-refractivity contribution in [3.63, 3.8) is 0 Å². The number of benzene rings is 3. The fourth-order valence-electron chi connectivity index (χ4n) is 3.95. The van der Waals surface area contributed by atoms with E-state index < -0.39 is 0 Å². The zero-order chi connectivity index (χ0) is 22.1. The van der Waals surface area contributed by atoms with Crippen LogP contribution < -0.4 is 10.3 Å². The fraction of sp³-hybridized carbons (Fsp3) is 0.111. The van der Waals surface area contributed by atoms with Crippen LogP contribution >= 0.6 is 0 Å². The van der Waals surface area contributed by atoms with Crippen LogP contribution in [0.25, 0.3) is 28.0 Å². The van der Waals surface area contributed by atoms with Gasteiger partial charge >= 0.3 is 0 Å². The molecule has 0 atom stereocenters. The zero-order valence-electron chi connectivity index (χ0n) is 18.0. The van der Waals surface area contributed by atoms with Gasteiger partial charge in [-0.15, -0.1) is 0 Å². The molecule has 2 heterocycles. The molecular weight excluding hydrogens is 398 g/mol. The van der Waals surface area contributed by atoms with Gasteiger partial charge in [-0.05, 0) is 35.7 Å². The van der Waals surface area contributed by atoms with E-state index in [1.165, 1.54) is 10.1 Å². The molecule has 0 aliphatic heterocycles. The van der Waals surface area contributed by atoms with E-state index in [4.69, 9.17) is 9.84 Å². The van der Waals surface area contributed by atoms with E-state index in [0.29, 0.717) is 12.1 Å². The Labute approximate surface area is 185 Å². The lowest BCUT2D eigenvalue weighted by atomic mass is 10.0. The maximum atomic E-state index is 13.1.